The molecule has 7 rings (SSSR count). The molecule has 0 aliphatic carbocycles. The molecular weight excluding hydrogens is 674 g/mol. The fourth-order valence-corrected chi connectivity index (χ4v) is 7.86. The Morgan fingerprint density at radius 3 is 1.94 bits per heavy atom. The first-order valence-corrected chi connectivity index (χ1v) is 17.3. The van der Waals surface area contributed by atoms with Gasteiger partial charge >= 0.3 is 7.60 Å². The van der Waals surface area contributed by atoms with Crippen molar-refractivity contribution in [2.24, 2.45) is 0 Å². The van der Waals surface area contributed by atoms with Crippen LogP contribution in [0.25, 0.3) is 22.3 Å². The van der Waals surface area contributed by atoms with E-state index in [-0.39, 0.29) is 47.3 Å². The monoisotopic (exact) mass is 701 g/mol. The van der Waals surface area contributed by atoms with Gasteiger partial charge in [0, 0.05) is 13.1 Å². The highest BCUT2D eigenvalue weighted by molar-refractivity contribution is 7.53. The number of nitrogens with two attached hydrogens (primary N) is 2. The summed E-state index contributed by atoms with van der Waals surface area (Å²) in [6, 6.07) is 0. The summed E-state index contributed by atoms with van der Waals surface area (Å²) in [7, 11) is -9.30. The van der Waals surface area contributed by atoms with E-state index in [1.54, 1.807) is 0 Å². The highest BCUT2D eigenvalue weighted by Crippen LogP contribution is 2.52. The van der Waals surface area contributed by atoms with Crippen LogP contribution in [0.2, 0.25) is 0 Å². The Kier molecular flexibility index (Phi) is 7.84. The van der Waals surface area contributed by atoms with Gasteiger partial charge in [-0.15, -0.1) is 0 Å². The van der Waals surface area contributed by atoms with E-state index in [0.717, 1.165) is 19.3 Å². The van der Waals surface area contributed by atoms with Crippen molar-refractivity contribution >= 4 is 49.6 Å². The molecule has 254 valence electrons. The summed E-state index contributed by atoms with van der Waals surface area (Å²) in [5.41, 5.74) is 9.64. The lowest BCUT2D eigenvalue weighted by Crippen LogP contribution is -2.37. The maximum atomic E-state index is 13.4. The Morgan fingerprint density at radius 2 is 1.38 bits per heavy atom. The molecule has 7 heterocycles. The first kappa shape index (κ1) is 32.0. The normalized spacial score (nSPS) is 36.9. The summed E-state index contributed by atoms with van der Waals surface area (Å²) in [4.78, 5) is 58.2. The molecule has 10 atom stereocenters. The smallest absolute Gasteiger partial charge is 0.328 e. The van der Waals surface area contributed by atoms with Gasteiger partial charge in [-0.05, 0) is 0 Å². The van der Waals surface area contributed by atoms with Gasteiger partial charge in [-0.2, -0.15) is 9.97 Å². The summed E-state index contributed by atoms with van der Waals surface area (Å²) < 4.78 is 62.3. The molecule has 3 saturated heterocycles. The minimum atomic E-state index is -5.29. The van der Waals surface area contributed by atoms with E-state index < -0.39 is 82.2 Å². The zero-order valence-electron chi connectivity index (χ0n) is 24.0. The number of phosphoric ester groups is 1. The van der Waals surface area contributed by atoms with Crippen molar-refractivity contribution in [3.8, 4) is 0 Å². The lowest BCUT2D eigenvalue weighted by molar-refractivity contribution is -0.236. The second kappa shape index (κ2) is 11.5. The van der Waals surface area contributed by atoms with Crippen molar-refractivity contribution in [3.63, 3.8) is 0 Å². The van der Waals surface area contributed by atoms with Gasteiger partial charge in [-0.3, -0.25) is 42.3 Å². The SMILES string of the molecule is CP1(=O)OCC[C@H]2O[C@@H](n3cnc4c(=O)[nH]c(N)nc43)[C@@H](O)C2OP(=O)([O-])OC[C@@H]2O[C@@H](n3cnc4c(=O)[nH]c(N)nc43)[C@@H](O)C2O1. The number of hydrogen-bond donors (Lipinski definition) is 6. The van der Waals surface area contributed by atoms with E-state index in [1.807, 2.05) is 0 Å². The number of aliphatic hydroxyl groups excluding tert-OH is 2. The molecular formula is C22H27N10O13P2-. The van der Waals surface area contributed by atoms with E-state index in [4.69, 9.17) is 39.0 Å². The summed E-state index contributed by atoms with van der Waals surface area (Å²) in [6.45, 7) is -0.0469. The van der Waals surface area contributed by atoms with Crippen molar-refractivity contribution in [1.29, 1.82) is 0 Å². The van der Waals surface area contributed by atoms with Gasteiger partial charge in [0.25, 0.3) is 18.9 Å². The summed E-state index contributed by atoms with van der Waals surface area (Å²) in [5.74, 6) is -0.487. The Labute approximate surface area is 260 Å². The predicted molar refractivity (Wildman–Crippen MR) is 152 cm³/mol. The molecule has 4 aromatic rings. The van der Waals surface area contributed by atoms with E-state index in [2.05, 4.69) is 29.9 Å². The molecule has 0 amide bonds. The van der Waals surface area contributed by atoms with Crippen molar-refractivity contribution in [2.75, 3.05) is 31.3 Å². The molecule has 0 aromatic carbocycles. The molecule has 0 radical (unpaired) electrons. The van der Waals surface area contributed by atoms with Gasteiger partial charge in [-0.25, -0.2) is 9.97 Å². The number of nitrogens with one attached hydrogen (secondary N) is 2. The molecule has 0 spiro atoms. The number of nitrogens with zero attached hydrogens (tertiary/aromatic N) is 6. The quantitative estimate of drug-likeness (QED) is 0.117. The molecule has 8 N–H and O–H groups in total. The minimum absolute atomic E-state index is 0.0564. The molecule has 23 nitrogen and oxygen atoms in total. The molecule has 25 heteroatoms. The van der Waals surface area contributed by atoms with Crippen LogP contribution in [0, 0.1) is 0 Å². The fourth-order valence-electron chi connectivity index (χ4n) is 5.71. The van der Waals surface area contributed by atoms with Crippen LogP contribution in [0.15, 0.2) is 22.2 Å². The van der Waals surface area contributed by atoms with Crippen LogP contribution in [0.3, 0.4) is 0 Å². The number of imidazole rings is 2. The molecule has 47 heavy (non-hydrogen) atoms. The third-order valence-electron chi connectivity index (χ3n) is 7.76. The minimum Gasteiger partial charge on any atom is -0.756 e. The summed E-state index contributed by atoms with van der Waals surface area (Å²) in [5, 5.41) is 22.4. The number of anilines is 2. The van der Waals surface area contributed by atoms with Crippen molar-refractivity contribution in [1.82, 2.24) is 39.0 Å². The van der Waals surface area contributed by atoms with Gasteiger partial charge in [0.05, 0.1) is 32.0 Å². The number of rotatable bonds is 2. The number of ether oxygens (including phenoxy) is 2. The number of aromatic amines is 2. The molecule has 0 saturated carbocycles. The molecule has 3 aliphatic heterocycles. The molecule has 0 bridgehead atoms. The van der Waals surface area contributed by atoms with Gasteiger partial charge in [0.1, 0.15) is 30.5 Å². The zero-order valence-corrected chi connectivity index (χ0v) is 25.8. The Balaban J connectivity index is 1.17. The van der Waals surface area contributed by atoms with Crippen molar-refractivity contribution in [3.05, 3.63) is 33.4 Å². The topological polar surface area (TPSA) is 332 Å². The Morgan fingerprint density at radius 1 is 0.872 bits per heavy atom. The van der Waals surface area contributed by atoms with Crippen LogP contribution in [0.4, 0.5) is 11.9 Å². The summed E-state index contributed by atoms with van der Waals surface area (Å²) >= 11 is 0. The number of aliphatic hydroxyl groups is 2. The first-order chi connectivity index (χ1) is 22.2. The number of fused-ring (bicyclic) bond motifs is 4. The highest BCUT2D eigenvalue weighted by atomic mass is 31.2. The van der Waals surface area contributed by atoms with Gasteiger partial charge in [0.2, 0.25) is 11.9 Å². The summed E-state index contributed by atoms with van der Waals surface area (Å²) in [6.07, 6.45) is -9.64. The second-order valence-electron chi connectivity index (χ2n) is 10.9. The van der Waals surface area contributed by atoms with Crippen molar-refractivity contribution in [2.45, 2.75) is 55.5 Å². The van der Waals surface area contributed by atoms with Crippen molar-refractivity contribution < 1.29 is 51.8 Å². The lowest BCUT2D eigenvalue weighted by Gasteiger charge is -2.30. The lowest BCUT2D eigenvalue weighted by atomic mass is 10.1. The van der Waals surface area contributed by atoms with Gasteiger partial charge < -0.3 is 49.6 Å². The second-order valence-corrected chi connectivity index (χ2v) is 14.3. The molecule has 4 aromatic heterocycles. The maximum Gasteiger partial charge on any atom is 0.328 e. The number of H-pyrrole nitrogens is 2. The molecule has 4 unspecified atom stereocenters. The van der Waals surface area contributed by atoms with Crippen LogP contribution < -0.4 is 27.5 Å². The first-order valence-electron chi connectivity index (χ1n) is 13.9. The number of hydrogen-bond acceptors (Lipinski definition) is 19. The number of nitrogen functional groups attached to an aromatic ring is 2. The molecule has 3 aliphatic rings. The fraction of sp³-hybridized carbons (Fsp3) is 0.545. The maximum absolute atomic E-state index is 13.4. The Bertz CT molecular complexity index is 2070. The highest BCUT2D eigenvalue weighted by Gasteiger charge is 2.51. The standard InChI is InChI=1S/C22H28N10O13P2/c1-46(37)40-3-2-7-13(11(33)19(42-7)31-5-25-9-15(31)27-21(23)29-17(9)35)45-47(38,39)41-4-8-14(44-46)12(34)20(43-8)32-6-26-10-16(32)28-22(24)30-18(10)36/h5-8,11-14,19-20,33-34H,2-4H2,1H3,(H,38,39)(H3,23,27,29,35)(H3,24,28,30,36)/p-1/t7-,8+,11+,12+,13?,14?,19-,20-,46?/m1/s1. The zero-order chi connectivity index (χ0) is 33.4. The van der Waals surface area contributed by atoms with Gasteiger partial charge in [-0.1, -0.05) is 0 Å². The van der Waals surface area contributed by atoms with Gasteiger partial charge in [0.15, 0.2) is 34.8 Å². The number of aromatic nitrogens is 8. The van der Waals surface area contributed by atoms with Crippen LogP contribution in [0.5, 0.6) is 0 Å². The third kappa shape index (κ3) is 5.78. The van der Waals surface area contributed by atoms with E-state index in [1.165, 1.54) is 9.13 Å². The average molecular weight is 701 g/mol. The van der Waals surface area contributed by atoms with Crippen LogP contribution >= 0.6 is 15.4 Å². The Hall–Kier alpha value is -3.60. The van der Waals surface area contributed by atoms with Crippen LogP contribution in [-0.2, 0) is 36.7 Å². The van der Waals surface area contributed by atoms with E-state index in [0.29, 0.717) is 0 Å². The third-order valence-corrected chi connectivity index (χ3v) is 10.0. The largest absolute Gasteiger partial charge is 0.756 e. The molecule has 3 fully saturated rings. The van der Waals surface area contributed by atoms with Crippen LogP contribution in [0.1, 0.15) is 18.9 Å². The predicted octanol–water partition coefficient (Wildman–Crippen LogP) is -2.57. The van der Waals surface area contributed by atoms with E-state index >= 15 is 0 Å². The average Bonchev–Trinajstić information content (AvgIpc) is 3.73. The number of phosphoric acid groups is 1. The van der Waals surface area contributed by atoms with E-state index in [9.17, 15) is 33.8 Å². The van der Waals surface area contributed by atoms with Crippen LogP contribution in [-0.4, -0.2) is 106 Å².